The Morgan fingerprint density at radius 3 is 2.90 bits per heavy atom. The third-order valence-electron chi connectivity index (χ3n) is 3.37. The standard InChI is InChI=1S/C15H12FNO3S/c16-13-7-11(5-6-14(13)17(18)19)20-8-10-9-21-15-4-2-1-3-12(10)15/h1-7,10H,8-9H2. The summed E-state index contributed by atoms with van der Waals surface area (Å²) < 4.78 is 19.1. The molecule has 0 aliphatic carbocycles. The lowest BCUT2D eigenvalue weighted by molar-refractivity contribution is -0.387. The Kier molecular flexibility index (Phi) is 3.79. The fourth-order valence-corrected chi connectivity index (χ4v) is 3.52. The third kappa shape index (κ3) is 2.85. The molecule has 1 heterocycles. The molecule has 2 aromatic rings. The second-order valence-corrected chi connectivity index (χ2v) is 5.79. The summed E-state index contributed by atoms with van der Waals surface area (Å²) in [4.78, 5) is 11.1. The molecule has 0 fully saturated rings. The molecule has 4 nitrogen and oxygen atoms in total. The lowest BCUT2D eigenvalue weighted by Crippen LogP contribution is -2.10. The predicted molar refractivity (Wildman–Crippen MR) is 78.5 cm³/mol. The molecule has 1 aliphatic rings. The highest BCUT2D eigenvalue weighted by Crippen LogP contribution is 2.39. The number of thioether (sulfide) groups is 1. The van der Waals surface area contributed by atoms with Crippen molar-refractivity contribution >= 4 is 17.4 Å². The lowest BCUT2D eigenvalue weighted by atomic mass is 10.0. The summed E-state index contributed by atoms with van der Waals surface area (Å²) in [6, 6.07) is 11.7. The van der Waals surface area contributed by atoms with Crippen LogP contribution in [0.1, 0.15) is 11.5 Å². The van der Waals surface area contributed by atoms with E-state index in [9.17, 15) is 14.5 Å². The Labute approximate surface area is 125 Å². The first-order valence-corrected chi connectivity index (χ1v) is 7.42. The number of halogens is 1. The van der Waals surface area contributed by atoms with Crippen molar-refractivity contribution < 1.29 is 14.1 Å². The molecule has 0 aromatic heterocycles. The Hall–Kier alpha value is -2.08. The van der Waals surface area contributed by atoms with Gasteiger partial charge in [0.05, 0.1) is 11.5 Å². The van der Waals surface area contributed by atoms with E-state index in [1.54, 1.807) is 11.8 Å². The Balaban J connectivity index is 1.69. The molecule has 108 valence electrons. The van der Waals surface area contributed by atoms with Gasteiger partial charge in [0.1, 0.15) is 5.75 Å². The summed E-state index contributed by atoms with van der Waals surface area (Å²) in [6.45, 7) is 0.432. The molecular weight excluding hydrogens is 293 g/mol. The molecule has 2 aromatic carbocycles. The van der Waals surface area contributed by atoms with Gasteiger partial charge in [-0.3, -0.25) is 10.1 Å². The topological polar surface area (TPSA) is 52.4 Å². The highest BCUT2D eigenvalue weighted by Gasteiger charge is 2.23. The number of nitro benzene ring substituents is 1. The molecule has 6 heteroatoms. The molecule has 0 saturated carbocycles. The number of nitrogens with zero attached hydrogens (tertiary/aromatic N) is 1. The normalized spacial score (nSPS) is 16.5. The van der Waals surface area contributed by atoms with Crippen LogP contribution in [0.15, 0.2) is 47.4 Å². The minimum atomic E-state index is -0.876. The van der Waals surface area contributed by atoms with Crippen LogP contribution >= 0.6 is 11.8 Å². The van der Waals surface area contributed by atoms with Gasteiger partial charge in [0, 0.05) is 28.7 Å². The number of hydrogen-bond donors (Lipinski definition) is 0. The Bertz CT molecular complexity index is 692. The van der Waals surface area contributed by atoms with E-state index in [-0.39, 0.29) is 5.92 Å². The van der Waals surface area contributed by atoms with Gasteiger partial charge >= 0.3 is 5.69 Å². The fourth-order valence-electron chi connectivity index (χ4n) is 2.29. The van der Waals surface area contributed by atoms with Crippen LogP contribution in [0.5, 0.6) is 5.75 Å². The summed E-state index contributed by atoms with van der Waals surface area (Å²) in [5.41, 5.74) is 0.703. The van der Waals surface area contributed by atoms with Crippen LogP contribution in [0.4, 0.5) is 10.1 Å². The molecule has 1 atom stereocenters. The minimum absolute atomic E-state index is 0.254. The molecule has 0 N–H and O–H groups in total. The van der Waals surface area contributed by atoms with Crippen LogP contribution in [0.3, 0.4) is 0 Å². The van der Waals surface area contributed by atoms with Crippen molar-refractivity contribution in [3.63, 3.8) is 0 Å². The van der Waals surface area contributed by atoms with Crippen LogP contribution in [0.2, 0.25) is 0 Å². The van der Waals surface area contributed by atoms with Crippen molar-refractivity contribution in [3.8, 4) is 5.75 Å². The van der Waals surface area contributed by atoms with Gasteiger partial charge in [-0.1, -0.05) is 18.2 Å². The van der Waals surface area contributed by atoms with Gasteiger partial charge in [0.25, 0.3) is 0 Å². The van der Waals surface area contributed by atoms with Gasteiger partial charge in [0.15, 0.2) is 0 Å². The van der Waals surface area contributed by atoms with Crippen molar-refractivity contribution in [2.75, 3.05) is 12.4 Å². The molecule has 0 radical (unpaired) electrons. The van der Waals surface area contributed by atoms with E-state index in [2.05, 4.69) is 12.1 Å². The molecule has 0 saturated heterocycles. The minimum Gasteiger partial charge on any atom is -0.493 e. The van der Waals surface area contributed by atoms with E-state index in [0.29, 0.717) is 12.4 Å². The summed E-state index contributed by atoms with van der Waals surface area (Å²) in [5, 5.41) is 10.6. The third-order valence-corrected chi connectivity index (χ3v) is 4.62. The zero-order valence-electron chi connectivity index (χ0n) is 11.0. The maximum Gasteiger partial charge on any atom is 0.305 e. The first-order valence-electron chi connectivity index (χ1n) is 6.43. The molecule has 3 rings (SSSR count). The van der Waals surface area contributed by atoms with Crippen molar-refractivity contribution in [1.82, 2.24) is 0 Å². The number of benzene rings is 2. The number of rotatable bonds is 4. The van der Waals surface area contributed by atoms with Crippen LogP contribution in [0, 0.1) is 15.9 Å². The predicted octanol–water partition coefficient (Wildman–Crippen LogP) is 4.00. The largest absolute Gasteiger partial charge is 0.493 e. The summed E-state index contributed by atoms with van der Waals surface area (Å²) in [5.74, 6) is 0.616. The van der Waals surface area contributed by atoms with Crippen LogP contribution in [-0.2, 0) is 0 Å². The maximum absolute atomic E-state index is 13.5. The number of nitro groups is 1. The fraction of sp³-hybridized carbons (Fsp3) is 0.200. The van der Waals surface area contributed by atoms with Gasteiger partial charge in [-0.15, -0.1) is 11.8 Å². The van der Waals surface area contributed by atoms with E-state index >= 15 is 0 Å². The van der Waals surface area contributed by atoms with Crippen molar-refractivity contribution in [2.24, 2.45) is 0 Å². The maximum atomic E-state index is 13.5. The molecule has 21 heavy (non-hydrogen) atoms. The highest BCUT2D eigenvalue weighted by molar-refractivity contribution is 7.99. The summed E-state index contributed by atoms with van der Waals surface area (Å²) in [6.07, 6.45) is 0. The quantitative estimate of drug-likeness (QED) is 0.633. The number of hydrogen-bond acceptors (Lipinski definition) is 4. The van der Waals surface area contributed by atoms with E-state index in [4.69, 9.17) is 4.74 Å². The Morgan fingerprint density at radius 2 is 2.14 bits per heavy atom. The summed E-state index contributed by atoms with van der Waals surface area (Å²) >= 11 is 1.78. The summed E-state index contributed by atoms with van der Waals surface area (Å²) in [7, 11) is 0. The van der Waals surface area contributed by atoms with Crippen molar-refractivity contribution in [3.05, 3.63) is 64.0 Å². The van der Waals surface area contributed by atoms with E-state index in [1.165, 1.54) is 16.5 Å². The monoisotopic (exact) mass is 305 g/mol. The van der Waals surface area contributed by atoms with Crippen molar-refractivity contribution in [2.45, 2.75) is 10.8 Å². The lowest BCUT2D eigenvalue weighted by Gasteiger charge is -2.12. The van der Waals surface area contributed by atoms with Gasteiger partial charge in [-0.2, -0.15) is 4.39 Å². The molecule has 0 amide bonds. The van der Waals surface area contributed by atoms with Gasteiger partial charge < -0.3 is 4.74 Å². The average Bonchev–Trinajstić information content (AvgIpc) is 2.88. The molecule has 1 aliphatic heterocycles. The second-order valence-electron chi connectivity index (χ2n) is 4.73. The first kappa shape index (κ1) is 13.9. The van der Waals surface area contributed by atoms with Gasteiger partial charge in [-0.05, 0) is 17.7 Å². The smallest absolute Gasteiger partial charge is 0.305 e. The number of fused-ring (bicyclic) bond motifs is 1. The SMILES string of the molecule is O=[N+]([O-])c1ccc(OCC2CSc3ccccc32)cc1F. The van der Waals surface area contributed by atoms with E-state index in [1.807, 2.05) is 12.1 Å². The highest BCUT2D eigenvalue weighted by atomic mass is 32.2. The van der Waals surface area contributed by atoms with Gasteiger partial charge in [-0.25, -0.2) is 0 Å². The van der Waals surface area contributed by atoms with Gasteiger partial charge in [0.2, 0.25) is 5.82 Å². The Morgan fingerprint density at radius 1 is 1.33 bits per heavy atom. The number of ether oxygens (including phenoxy) is 1. The molecule has 0 bridgehead atoms. The molecule has 1 unspecified atom stereocenters. The molecule has 0 spiro atoms. The van der Waals surface area contributed by atoms with Crippen LogP contribution in [-0.4, -0.2) is 17.3 Å². The molecular formula is C15H12FNO3S. The van der Waals surface area contributed by atoms with E-state index in [0.717, 1.165) is 17.9 Å². The van der Waals surface area contributed by atoms with Crippen LogP contribution in [0.25, 0.3) is 0 Å². The van der Waals surface area contributed by atoms with Crippen LogP contribution < -0.4 is 4.74 Å². The zero-order valence-corrected chi connectivity index (χ0v) is 11.8. The first-order chi connectivity index (χ1) is 10.1. The average molecular weight is 305 g/mol. The van der Waals surface area contributed by atoms with Crippen molar-refractivity contribution in [1.29, 1.82) is 0 Å². The second kappa shape index (κ2) is 5.73. The zero-order chi connectivity index (χ0) is 14.8. The van der Waals surface area contributed by atoms with E-state index < -0.39 is 16.4 Å².